The summed E-state index contributed by atoms with van der Waals surface area (Å²) in [5.74, 6) is -1.79. The predicted molar refractivity (Wildman–Crippen MR) is 303 cm³/mol. The van der Waals surface area contributed by atoms with E-state index in [1.807, 2.05) is 54.2 Å². The van der Waals surface area contributed by atoms with Gasteiger partial charge in [0.15, 0.2) is 13.1 Å². The van der Waals surface area contributed by atoms with Crippen molar-refractivity contribution in [3.8, 4) is 0 Å². The van der Waals surface area contributed by atoms with E-state index >= 15 is 0 Å². The third kappa shape index (κ3) is 50.9. The average Bonchev–Trinajstić information content (AvgIpc) is 3.33. The zero-order valence-electron chi connectivity index (χ0n) is 48.5. The lowest BCUT2D eigenvalue weighted by Crippen LogP contribution is -3.00. The standard InChI is InChI=1S/C58H106N2O14.2CH4.2ClH/c1-9-13-27-37-51(73-57(67)47-59(5,6)41-43-69-53(63)33-11-3)49(61)35-29-23-19-15-17-21-25-31-39-55(65)71-45-46-72-56(66)40-32-26-22-18-16-20-24-30-36-50(62)52(38-28-14-10-2)74-58(68)48-60(7,8)42-44-70-54(64)34-12-4;;;;/h23-24,29-30,49-52,61-62H,9-22,25-28,31-48H2,1-8H3;2*1H4;2*1H/q+2;;;;/p-2/b29-23-,30-24-;;;;. The Kier molecular flexibility index (Phi) is 58.2. The molecule has 0 saturated carbocycles. The first-order valence-electron chi connectivity index (χ1n) is 28.7. The maximum Gasteiger partial charge on any atom is 0.362 e. The Morgan fingerprint density at radius 2 is 0.718 bits per heavy atom. The second-order valence-electron chi connectivity index (χ2n) is 21.2. The minimum Gasteiger partial charge on any atom is -1.00 e. The fourth-order valence-electron chi connectivity index (χ4n) is 8.08. The van der Waals surface area contributed by atoms with Crippen molar-refractivity contribution in [2.75, 3.05) is 80.8 Å². The molecule has 0 radical (unpaired) electrons. The summed E-state index contributed by atoms with van der Waals surface area (Å²) >= 11 is 0. The molecule has 0 amide bonds. The highest BCUT2D eigenvalue weighted by atomic mass is 35.5. The number of halogens is 2. The fourth-order valence-corrected chi connectivity index (χ4v) is 8.08. The van der Waals surface area contributed by atoms with Crippen LogP contribution < -0.4 is 24.8 Å². The van der Waals surface area contributed by atoms with E-state index in [2.05, 4.69) is 26.0 Å². The number of likely N-dealkylation sites (N-methyl/N-ethyl adjacent to an activating group) is 2. The molecule has 2 N–H and O–H groups in total. The molecule has 0 bridgehead atoms. The van der Waals surface area contributed by atoms with E-state index < -0.39 is 24.4 Å². The fraction of sp³-hybridized carbons (Fsp3) is 0.833. The van der Waals surface area contributed by atoms with E-state index in [-0.39, 0.29) is 115 Å². The van der Waals surface area contributed by atoms with Crippen LogP contribution in [0.3, 0.4) is 0 Å². The van der Waals surface area contributed by atoms with Gasteiger partial charge < -0.3 is 72.4 Å². The summed E-state index contributed by atoms with van der Waals surface area (Å²) in [6.45, 7) is 9.85. The number of ether oxygens (including phenoxy) is 6. The number of aliphatic hydroxyl groups is 2. The lowest BCUT2D eigenvalue weighted by atomic mass is 10.0. The van der Waals surface area contributed by atoms with Crippen molar-refractivity contribution in [2.45, 2.75) is 247 Å². The van der Waals surface area contributed by atoms with Gasteiger partial charge in [0.25, 0.3) is 0 Å². The van der Waals surface area contributed by atoms with E-state index in [4.69, 9.17) is 28.4 Å². The van der Waals surface area contributed by atoms with Crippen molar-refractivity contribution in [1.29, 1.82) is 0 Å². The Bertz CT molecular complexity index is 1450. The van der Waals surface area contributed by atoms with Crippen LogP contribution in [0.25, 0.3) is 0 Å². The normalized spacial score (nSPS) is 12.9. The van der Waals surface area contributed by atoms with Gasteiger partial charge in [0, 0.05) is 25.7 Å². The molecule has 4 unspecified atom stereocenters. The molecule has 18 heteroatoms. The van der Waals surface area contributed by atoms with Gasteiger partial charge in [-0.25, -0.2) is 9.59 Å². The van der Waals surface area contributed by atoms with Gasteiger partial charge in [-0.05, 0) is 89.9 Å². The average molecular weight is 1160 g/mol. The minimum absolute atomic E-state index is 0. The number of carbonyl (C=O) groups is 6. The quantitative estimate of drug-likeness (QED) is 0.0263. The van der Waals surface area contributed by atoms with Crippen LogP contribution in [0.1, 0.15) is 222 Å². The Morgan fingerprint density at radius 1 is 0.397 bits per heavy atom. The number of allylic oxidation sites excluding steroid dienone is 2. The van der Waals surface area contributed by atoms with Gasteiger partial charge in [-0.15, -0.1) is 0 Å². The first kappa shape index (κ1) is 83.5. The summed E-state index contributed by atoms with van der Waals surface area (Å²) in [6.07, 6.45) is 27.1. The van der Waals surface area contributed by atoms with Crippen LogP contribution in [-0.4, -0.2) is 160 Å². The highest BCUT2D eigenvalue weighted by Crippen LogP contribution is 2.18. The molecule has 0 aromatic carbocycles. The molecule has 0 aliphatic rings. The van der Waals surface area contributed by atoms with Crippen LogP contribution in [0.5, 0.6) is 0 Å². The van der Waals surface area contributed by atoms with Gasteiger partial charge in [0.2, 0.25) is 0 Å². The molecule has 4 atom stereocenters. The van der Waals surface area contributed by atoms with E-state index in [1.54, 1.807) is 0 Å². The van der Waals surface area contributed by atoms with Crippen LogP contribution >= 0.6 is 0 Å². The van der Waals surface area contributed by atoms with Gasteiger partial charge in [-0.2, -0.15) is 0 Å². The molecule has 0 rings (SSSR count). The molecule has 78 heavy (non-hydrogen) atoms. The van der Waals surface area contributed by atoms with Crippen LogP contribution in [0.15, 0.2) is 24.3 Å². The maximum absolute atomic E-state index is 12.9. The van der Waals surface area contributed by atoms with E-state index in [0.29, 0.717) is 73.4 Å². The van der Waals surface area contributed by atoms with E-state index in [0.717, 1.165) is 128 Å². The highest BCUT2D eigenvalue weighted by molar-refractivity contribution is 5.72. The Hall–Kier alpha value is -3.28. The molecule has 0 heterocycles. The van der Waals surface area contributed by atoms with Crippen LogP contribution in [0.4, 0.5) is 0 Å². The maximum atomic E-state index is 12.9. The number of carbonyl (C=O) groups excluding carboxylic acids is 6. The third-order valence-electron chi connectivity index (χ3n) is 12.8. The third-order valence-corrected chi connectivity index (χ3v) is 12.8. The summed E-state index contributed by atoms with van der Waals surface area (Å²) in [5, 5.41) is 21.9. The number of unbranched alkanes of at least 4 members (excludes halogenated alkanes) is 14. The number of aliphatic hydroxyl groups excluding tert-OH is 2. The number of esters is 6. The topological polar surface area (TPSA) is 198 Å². The molecule has 0 aliphatic carbocycles. The van der Waals surface area contributed by atoms with Gasteiger partial charge >= 0.3 is 35.8 Å². The molecule has 0 fully saturated rings. The van der Waals surface area contributed by atoms with Gasteiger partial charge in [-0.3, -0.25) is 19.2 Å². The summed E-state index contributed by atoms with van der Waals surface area (Å²) in [6, 6.07) is 0. The number of hydrogen-bond acceptors (Lipinski definition) is 14. The van der Waals surface area contributed by atoms with Crippen molar-refractivity contribution in [2.24, 2.45) is 0 Å². The molecule has 0 aliphatic heterocycles. The number of nitrogens with zero attached hydrogens (tertiary/aromatic N) is 2. The van der Waals surface area contributed by atoms with E-state index in [9.17, 15) is 39.0 Å². The Balaban J connectivity index is -0.00000444. The van der Waals surface area contributed by atoms with Gasteiger partial charge in [-0.1, -0.05) is 131 Å². The van der Waals surface area contributed by atoms with Crippen LogP contribution in [-0.2, 0) is 57.2 Å². The first-order valence-corrected chi connectivity index (χ1v) is 28.7. The smallest absolute Gasteiger partial charge is 0.362 e. The monoisotopic (exact) mass is 1160 g/mol. The van der Waals surface area contributed by atoms with Crippen molar-refractivity contribution >= 4 is 35.8 Å². The molecule has 0 spiro atoms. The van der Waals surface area contributed by atoms with Gasteiger partial charge in [0.1, 0.15) is 51.7 Å². The minimum atomic E-state index is -0.789. The van der Waals surface area contributed by atoms with Gasteiger partial charge in [0.05, 0.1) is 40.4 Å². The van der Waals surface area contributed by atoms with E-state index in [1.165, 1.54) is 0 Å². The van der Waals surface area contributed by atoms with Crippen LogP contribution in [0, 0.1) is 0 Å². The predicted octanol–water partition coefficient (Wildman–Crippen LogP) is 5.25. The number of quaternary nitrogens is 2. The zero-order chi connectivity index (χ0) is 55.3. The largest absolute Gasteiger partial charge is 1.00 e. The van der Waals surface area contributed by atoms with Crippen molar-refractivity contribution in [3.05, 3.63) is 24.3 Å². The lowest BCUT2D eigenvalue weighted by Gasteiger charge is -2.30. The lowest BCUT2D eigenvalue weighted by molar-refractivity contribution is -0.883. The molecule has 0 aromatic heterocycles. The Labute approximate surface area is 486 Å². The van der Waals surface area contributed by atoms with Crippen molar-refractivity contribution in [3.63, 3.8) is 0 Å². The number of hydrogen-bond donors (Lipinski definition) is 2. The summed E-state index contributed by atoms with van der Waals surface area (Å²) in [5.41, 5.74) is 0. The summed E-state index contributed by atoms with van der Waals surface area (Å²) in [4.78, 5) is 73.5. The molecule has 0 aromatic rings. The SMILES string of the molecule is C.C.CCCCCC(OC(=O)C[N+](C)(C)CCOC(=O)CCC)C(O)C/C=C\CCCCCCCC(=O)OCCOC(=O)CCCCCCC/C=C\CC(O)C(CCCCC)OC(=O)C[N+](C)(C)CCOC(=O)CCC.[Cl-].[Cl-]. The Morgan fingerprint density at radius 3 is 1.06 bits per heavy atom. The first-order chi connectivity index (χ1) is 35.4. The zero-order valence-corrected chi connectivity index (χ0v) is 50.0. The number of rotatable bonds is 49. The molecular formula is C60H114Cl2N2O14. The van der Waals surface area contributed by atoms with Crippen molar-refractivity contribution < 1.29 is 101 Å². The highest BCUT2D eigenvalue weighted by Gasteiger charge is 2.29. The molecule has 16 nitrogen and oxygen atoms in total. The summed E-state index contributed by atoms with van der Waals surface area (Å²) < 4.78 is 33.3. The molecular weight excluding hydrogens is 1040 g/mol. The van der Waals surface area contributed by atoms with Crippen LogP contribution in [0.2, 0.25) is 0 Å². The van der Waals surface area contributed by atoms with Crippen molar-refractivity contribution in [1.82, 2.24) is 0 Å². The second kappa shape index (κ2) is 54.3. The molecule has 0 saturated heterocycles. The molecule has 462 valence electrons. The second-order valence-corrected chi connectivity index (χ2v) is 21.2. The summed E-state index contributed by atoms with van der Waals surface area (Å²) in [7, 11) is 7.57.